The number of fused-ring (bicyclic) bond motifs is 1. The van der Waals surface area contributed by atoms with Crippen LogP contribution in [-0.4, -0.2) is 24.3 Å². The number of ether oxygens (including phenoxy) is 2. The molecule has 34 heavy (non-hydrogen) atoms. The van der Waals surface area contributed by atoms with E-state index >= 15 is 0 Å². The van der Waals surface area contributed by atoms with Gasteiger partial charge in [-0.3, -0.25) is 9.36 Å². The van der Waals surface area contributed by atoms with Crippen molar-refractivity contribution in [2.75, 3.05) is 13.7 Å². The molecule has 3 aromatic rings. The summed E-state index contributed by atoms with van der Waals surface area (Å²) in [7, 11) is 1.50. The zero-order valence-corrected chi connectivity index (χ0v) is 21.3. The Kier molecular flexibility index (Phi) is 6.98. The molecule has 176 valence electrons. The first-order valence-electron chi connectivity index (χ1n) is 10.5. The van der Waals surface area contributed by atoms with Crippen molar-refractivity contribution in [1.82, 2.24) is 4.57 Å². The molecule has 9 heteroatoms. The maximum Gasteiger partial charge on any atom is 0.338 e. The number of hydrogen-bond acceptors (Lipinski definition) is 6. The van der Waals surface area contributed by atoms with Crippen LogP contribution in [0.4, 0.5) is 0 Å². The van der Waals surface area contributed by atoms with Crippen LogP contribution in [0.25, 0.3) is 6.08 Å². The van der Waals surface area contributed by atoms with Crippen molar-refractivity contribution in [1.29, 1.82) is 0 Å². The minimum Gasteiger partial charge on any atom is -0.495 e. The van der Waals surface area contributed by atoms with E-state index in [0.717, 1.165) is 11.1 Å². The van der Waals surface area contributed by atoms with E-state index in [-0.39, 0.29) is 12.2 Å². The van der Waals surface area contributed by atoms with Gasteiger partial charge in [-0.15, -0.1) is 0 Å². The number of benzene rings is 2. The summed E-state index contributed by atoms with van der Waals surface area (Å²) in [5.74, 6) is -0.0812. The predicted molar refractivity (Wildman–Crippen MR) is 135 cm³/mol. The van der Waals surface area contributed by atoms with Gasteiger partial charge in [0.15, 0.2) is 4.80 Å². The lowest BCUT2D eigenvalue weighted by atomic mass is 9.95. The standard InChI is InChI=1S/C25H22Cl2N2O4S/c1-5-33-24(31)20-14(3)28-25-29(21(20)15-8-6-13(2)7-9-15)23(30)19(34-25)11-16-10-17(26)12-18(27)22(16)32-4/h6-12,21H,5H2,1-4H3/b19-11-/t21-/m0/s1. The van der Waals surface area contributed by atoms with Crippen LogP contribution in [-0.2, 0) is 9.53 Å². The first-order chi connectivity index (χ1) is 16.2. The van der Waals surface area contributed by atoms with Crippen LogP contribution in [0.1, 0.15) is 36.6 Å². The lowest BCUT2D eigenvalue weighted by Gasteiger charge is -2.24. The third-order valence-corrected chi connectivity index (χ3v) is 6.92. The van der Waals surface area contributed by atoms with Crippen LogP contribution in [0.2, 0.25) is 10.0 Å². The number of aromatic nitrogens is 1. The number of halogens is 2. The van der Waals surface area contributed by atoms with Crippen molar-refractivity contribution in [2.24, 2.45) is 4.99 Å². The summed E-state index contributed by atoms with van der Waals surface area (Å²) < 4.78 is 12.7. The van der Waals surface area contributed by atoms with E-state index in [1.165, 1.54) is 18.4 Å². The van der Waals surface area contributed by atoms with Crippen LogP contribution in [0.3, 0.4) is 0 Å². The third kappa shape index (κ3) is 4.43. The molecule has 0 N–H and O–H groups in total. The number of carbonyl (C=O) groups excluding carboxylic acids is 1. The fourth-order valence-corrected chi connectivity index (χ4v) is 5.52. The van der Waals surface area contributed by atoms with Crippen LogP contribution in [0.15, 0.2) is 57.5 Å². The van der Waals surface area contributed by atoms with Crippen LogP contribution in [0.5, 0.6) is 5.75 Å². The fourth-order valence-electron chi connectivity index (χ4n) is 3.90. The topological polar surface area (TPSA) is 69.9 Å². The Morgan fingerprint density at radius 3 is 2.56 bits per heavy atom. The van der Waals surface area contributed by atoms with Gasteiger partial charge in [0.05, 0.1) is 40.6 Å². The van der Waals surface area contributed by atoms with E-state index in [0.29, 0.717) is 42.0 Å². The predicted octanol–water partition coefficient (Wildman–Crippen LogP) is 4.42. The Balaban J connectivity index is 1.99. The Bertz CT molecular complexity index is 1490. The highest BCUT2D eigenvalue weighted by Gasteiger charge is 2.33. The Morgan fingerprint density at radius 1 is 1.21 bits per heavy atom. The molecule has 1 aromatic heterocycles. The third-order valence-electron chi connectivity index (χ3n) is 5.44. The van der Waals surface area contributed by atoms with E-state index in [4.69, 9.17) is 32.7 Å². The average molecular weight is 517 g/mol. The lowest BCUT2D eigenvalue weighted by Crippen LogP contribution is -2.39. The van der Waals surface area contributed by atoms with Gasteiger partial charge < -0.3 is 9.47 Å². The average Bonchev–Trinajstić information content (AvgIpc) is 3.08. The van der Waals surface area contributed by atoms with Gasteiger partial charge in [0.1, 0.15) is 5.75 Å². The normalized spacial score (nSPS) is 15.7. The Hall–Kier alpha value is -2.87. The molecule has 6 nitrogen and oxygen atoms in total. The second kappa shape index (κ2) is 9.78. The van der Waals surface area contributed by atoms with E-state index in [1.807, 2.05) is 31.2 Å². The molecule has 2 heterocycles. The molecular formula is C25H22Cl2N2O4S. The maximum absolute atomic E-state index is 13.7. The largest absolute Gasteiger partial charge is 0.495 e. The van der Waals surface area contributed by atoms with Gasteiger partial charge in [-0.2, -0.15) is 0 Å². The van der Waals surface area contributed by atoms with Crippen molar-refractivity contribution in [3.05, 3.63) is 94.1 Å². The number of hydrogen-bond donors (Lipinski definition) is 0. The second-order valence-electron chi connectivity index (χ2n) is 7.72. The van der Waals surface area contributed by atoms with E-state index in [1.54, 1.807) is 36.6 Å². The van der Waals surface area contributed by atoms with E-state index in [2.05, 4.69) is 4.99 Å². The van der Waals surface area contributed by atoms with Gasteiger partial charge in [0, 0.05) is 10.6 Å². The SMILES string of the molecule is CCOC(=O)C1=C(C)N=c2s/c(=C\c3cc(Cl)cc(Cl)c3OC)c(=O)n2[C@H]1c1ccc(C)cc1. The van der Waals surface area contributed by atoms with Crippen LogP contribution < -0.4 is 19.6 Å². The van der Waals surface area contributed by atoms with Gasteiger partial charge in [-0.25, -0.2) is 9.79 Å². The number of rotatable bonds is 5. The zero-order chi connectivity index (χ0) is 24.6. The number of esters is 1. The summed E-state index contributed by atoms with van der Waals surface area (Å²) in [6.07, 6.45) is 1.68. The van der Waals surface area contributed by atoms with Gasteiger partial charge in [-0.1, -0.05) is 64.4 Å². The fraction of sp³-hybridized carbons (Fsp3) is 0.240. The highest BCUT2D eigenvalue weighted by Crippen LogP contribution is 2.33. The van der Waals surface area contributed by atoms with Crippen molar-refractivity contribution < 1.29 is 14.3 Å². The minimum absolute atomic E-state index is 0.218. The van der Waals surface area contributed by atoms with E-state index < -0.39 is 12.0 Å². The molecule has 2 aromatic carbocycles. The molecular weight excluding hydrogens is 495 g/mol. The first-order valence-corrected chi connectivity index (χ1v) is 12.1. The summed E-state index contributed by atoms with van der Waals surface area (Å²) in [4.78, 5) is 31.7. The summed E-state index contributed by atoms with van der Waals surface area (Å²) in [6.45, 7) is 5.69. The first kappa shape index (κ1) is 24.3. The maximum atomic E-state index is 13.7. The van der Waals surface area contributed by atoms with Crippen molar-refractivity contribution in [2.45, 2.75) is 26.8 Å². The Morgan fingerprint density at radius 2 is 1.91 bits per heavy atom. The zero-order valence-electron chi connectivity index (χ0n) is 19.0. The van der Waals surface area contributed by atoms with Crippen LogP contribution in [0, 0.1) is 6.92 Å². The molecule has 4 rings (SSSR count). The molecule has 0 amide bonds. The van der Waals surface area contributed by atoms with Gasteiger partial charge in [-0.05, 0) is 44.5 Å². The molecule has 1 aliphatic heterocycles. The number of thiazole rings is 1. The van der Waals surface area contributed by atoms with Gasteiger partial charge in [0.25, 0.3) is 5.56 Å². The summed E-state index contributed by atoms with van der Waals surface area (Å²) in [5, 5.41) is 0.759. The number of aryl methyl sites for hydroxylation is 1. The molecule has 0 bridgehead atoms. The van der Waals surface area contributed by atoms with Crippen molar-refractivity contribution in [3.63, 3.8) is 0 Å². The van der Waals surface area contributed by atoms with E-state index in [9.17, 15) is 9.59 Å². The molecule has 0 saturated carbocycles. The van der Waals surface area contributed by atoms with Crippen molar-refractivity contribution >= 4 is 46.6 Å². The monoisotopic (exact) mass is 516 g/mol. The number of nitrogens with zero attached hydrogens (tertiary/aromatic N) is 2. The molecule has 1 atom stereocenters. The molecule has 0 unspecified atom stereocenters. The highest BCUT2D eigenvalue weighted by atomic mass is 35.5. The number of methoxy groups -OCH3 is 1. The number of allylic oxidation sites excluding steroid dienone is 1. The molecule has 0 spiro atoms. The molecule has 1 aliphatic rings. The Labute approximate surface area is 210 Å². The van der Waals surface area contributed by atoms with Crippen LogP contribution >= 0.6 is 34.5 Å². The smallest absolute Gasteiger partial charge is 0.338 e. The molecule has 0 fully saturated rings. The quantitative estimate of drug-likeness (QED) is 0.470. The number of carbonyl (C=O) groups is 1. The highest BCUT2D eigenvalue weighted by molar-refractivity contribution is 7.07. The summed E-state index contributed by atoms with van der Waals surface area (Å²) in [6, 6.07) is 10.3. The minimum atomic E-state index is -0.664. The second-order valence-corrected chi connectivity index (χ2v) is 9.58. The molecule has 0 aliphatic carbocycles. The molecule has 0 radical (unpaired) electrons. The summed E-state index contributed by atoms with van der Waals surface area (Å²) in [5.41, 5.74) is 2.99. The van der Waals surface area contributed by atoms with Gasteiger partial charge in [0.2, 0.25) is 0 Å². The lowest BCUT2D eigenvalue weighted by molar-refractivity contribution is -0.139. The van der Waals surface area contributed by atoms with Gasteiger partial charge >= 0.3 is 5.97 Å². The summed E-state index contributed by atoms with van der Waals surface area (Å²) >= 11 is 13.7. The molecule has 0 saturated heterocycles. The van der Waals surface area contributed by atoms with Crippen molar-refractivity contribution in [3.8, 4) is 5.75 Å².